The van der Waals surface area contributed by atoms with E-state index in [4.69, 9.17) is 4.74 Å². The largest absolute Gasteiger partial charge is 0.479 e. The molecule has 1 aliphatic heterocycles. The van der Waals surface area contributed by atoms with E-state index in [9.17, 15) is 14.7 Å². The lowest BCUT2D eigenvalue weighted by Crippen LogP contribution is -2.52. The zero-order valence-corrected chi connectivity index (χ0v) is 10.2. The predicted octanol–water partition coefficient (Wildman–Crippen LogP) is -0.207. The summed E-state index contributed by atoms with van der Waals surface area (Å²) in [7, 11) is 1.76. The van der Waals surface area contributed by atoms with Crippen LogP contribution >= 0.6 is 0 Å². The van der Waals surface area contributed by atoms with E-state index in [-0.39, 0.29) is 12.5 Å². The van der Waals surface area contributed by atoms with Crippen LogP contribution in [0.15, 0.2) is 12.4 Å². The molecule has 2 atom stereocenters. The van der Waals surface area contributed by atoms with Crippen molar-refractivity contribution in [2.24, 2.45) is 7.05 Å². The van der Waals surface area contributed by atoms with E-state index in [0.29, 0.717) is 12.4 Å². The summed E-state index contributed by atoms with van der Waals surface area (Å²) in [4.78, 5) is 28.6. The van der Waals surface area contributed by atoms with E-state index in [1.165, 1.54) is 4.90 Å². The highest BCUT2D eigenvalue weighted by Gasteiger charge is 2.43. The fourth-order valence-corrected chi connectivity index (χ4v) is 2.17. The van der Waals surface area contributed by atoms with Gasteiger partial charge in [0.1, 0.15) is 18.5 Å². The molecule has 0 spiro atoms. The Bertz CT molecular complexity index is 469. The number of imidazole rings is 1. The third-order valence-corrected chi connectivity index (χ3v) is 3.04. The minimum absolute atomic E-state index is 0.203. The molecule has 0 aromatic carbocycles. The number of likely N-dealkylation sites (N-methyl/N-ethyl adjacent to an activating group) is 1. The molecule has 1 amide bonds. The Labute approximate surface area is 104 Å². The van der Waals surface area contributed by atoms with Gasteiger partial charge in [0.25, 0.3) is 0 Å². The normalized spacial score (nSPS) is 24.3. The smallest absolute Gasteiger partial charge is 0.335 e. The van der Waals surface area contributed by atoms with Gasteiger partial charge in [-0.2, -0.15) is 0 Å². The van der Waals surface area contributed by atoms with Gasteiger partial charge < -0.3 is 19.3 Å². The number of rotatable bonds is 3. The lowest BCUT2D eigenvalue weighted by Gasteiger charge is -2.37. The van der Waals surface area contributed by atoms with Gasteiger partial charge in [0, 0.05) is 26.0 Å². The van der Waals surface area contributed by atoms with E-state index in [2.05, 4.69) is 4.98 Å². The van der Waals surface area contributed by atoms with Crippen LogP contribution in [0.1, 0.15) is 18.8 Å². The van der Waals surface area contributed by atoms with Gasteiger partial charge in [-0.3, -0.25) is 4.79 Å². The summed E-state index contributed by atoms with van der Waals surface area (Å²) in [6.45, 7) is 2.02. The predicted molar refractivity (Wildman–Crippen MR) is 60.7 cm³/mol. The molecule has 0 aliphatic carbocycles. The molecule has 18 heavy (non-hydrogen) atoms. The second-order valence-corrected chi connectivity index (χ2v) is 4.09. The van der Waals surface area contributed by atoms with Crippen molar-refractivity contribution in [2.75, 3.05) is 13.2 Å². The minimum Gasteiger partial charge on any atom is -0.479 e. The lowest BCUT2D eigenvalue weighted by molar-refractivity contribution is -0.173. The molecule has 2 heterocycles. The van der Waals surface area contributed by atoms with Gasteiger partial charge in [0.05, 0.1) is 0 Å². The molecule has 1 aromatic heterocycles. The first-order valence-corrected chi connectivity index (χ1v) is 5.67. The maximum atomic E-state index is 11.8. The molecular formula is C11H15N3O4. The molecule has 1 saturated heterocycles. The van der Waals surface area contributed by atoms with Gasteiger partial charge in [0.2, 0.25) is 5.91 Å². The Balaban J connectivity index is 2.43. The van der Waals surface area contributed by atoms with E-state index in [0.717, 1.165) is 0 Å². The third-order valence-electron chi connectivity index (χ3n) is 3.04. The van der Waals surface area contributed by atoms with Gasteiger partial charge in [-0.15, -0.1) is 0 Å². The third kappa shape index (κ3) is 1.97. The Morgan fingerprint density at radius 2 is 2.39 bits per heavy atom. The topological polar surface area (TPSA) is 84.7 Å². The van der Waals surface area contributed by atoms with Crippen LogP contribution < -0.4 is 0 Å². The van der Waals surface area contributed by atoms with Crippen LogP contribution in [-0.2, 0) is 21.4 Å². The van der Waals surface area contributed by atoms with Gasteiger partial charge >= 0.3 is 5.97 Å². The van der Waals surface area contributed by atoms with Crippen molar-refractivity contribution in [1.82, 2.24) is 14.5 Å². The first kappa shape index (κ1) is 12.6. The van der Waals surface area contributed by atoms with Crippen LogP contribution in [0.3, 0.4) is 0 Å². The standard InChI is InChI=1S/C11H15N3O4/c1-3-14-7(15)6-18-9(11(16)17)8(14)10-12-4-5-13(10)2/h4-5,8-9H,3,6H2,1-2H3,(H,16,17)/t8-,9-/m0/s1. The summed E-state index contributed by atoms with van der Waals surface area (Å²) in [5.74, 6) is -0.797. The number of hydrogen-bond donors (Lipinski definition) is 1. The van der Waals surface area contributed by atoms with Gasteiger partial charge in [-0.05, 0) is 6.92 Å². The monoisotopic (exact) mass is 253 g/mol. The molecule has 1 aromatic rings. The molecule has 0 radical (unpaired) electrons. The molecule has 1 N–H and O–H groups in total. The quantitative estimate of drug-likeness (QED) is 0.806. The van der Waals surface area contributed by atoms with Crippen molar-refractivity contribution in [3.63, 3.8) is 0 Å². The molecule has 0 bridgehead atoms. The lowest BCUT2D eigenvalue weighted by atomic mass is 10.1. The zero-order valence-electron chi connectivity index (χ0n) is 10.2. The number of morpholine rings is 1. The van der Waals surface area contributed by atoms with E-state index in [1.54, 1.807) is 30.9 Å². The number of carbonyl (C=O) groups is 2. The zero-order chi connectivity index (χ0) is 13.3. The SMILES string of the molecule is CCN1C(=O)CO[C@H](C(=O)O)[C@H]1c1nccn1C. The Hall–Kier alpha value is -1.89. The van der Waals surface area contributed by atoms with E-state index < -0.39 is 18.1 Å². The van der Waals surface area contributed by atoms with Crippen LogP contribution in [0.4, 0.5) is 0 Å². The van der Waals surface area contributed by atoms with E-state index >= 15 is 0 Å². The number of aryl methyl sites for hydroxylation is 1. The van der Waals surface area contributed by atoms with Crippen LogP contribution in [0, 0.1) is 0 Å². The van der Waals surface area contributed by atoms with Crippen molar-refractivity contribution in [1.29, 1.82) is 0 Å². The number of ether oxygens (including phenoxy) is 1. The molecule has 98 valence electrons. The first-order chi connectivity index (χ1) is 8.56. The molecule has 0 unspecified atom stereocenters. The number of nitrogens with zero attached hydrogens (tertiary/aromatic N) is 3. The number of aromatic nitrogens is 2. The second-order valence-electron chi connectivity index (χ2n) is 4.09. The molecule has 2 rings (SSSR count). The average molecular weight is 253 g/mol. The summed E-state index contributed by atoms with van der Waals surface area (Å²) in [5, 5.41) is 9.20. The van der Waals surface area contributed by atoms with Crippen molar-refractivity contribution in [2.45, 2.75) is 19.1 Å². The summed E-state index contributed by atoms with van der Waals surface area (Å²) in [6, 6.07) is -0.686. The molecule has 7 nitrogen and oxygen atoms in total. The molecule has 7 heteroatoms. The Morgan fingerprint density at radius 1 is 1.67 bits per heavy atom. The molecule has 0 saturated carbocycles. The van der Waals surface area contributed by atoms with Crippen LogP contribution in [0.5, 0.6) is 0 Å². The fourth-order valence-electron chi connectivity index (χ4n) is 2.17. The summed E-state index contributed by atoms with van der Waals surface area (Å²) < 4.78 is 6.83. The summed E-state index contributed by atoms with van der Waals surface area (Å²) >= 11 is 0. The number of amides is 1. The maximum Gasteiger partial charge on any atom is 0.335 e. The fraction of sp³-hybridized carbons (Fsp3) is 0.545. The number of carboxylic acid groups (broad SMARTS) is 1. The number of hydrogen-bond acceptors (Lipinski definition) is 4. The molecule has 1 fully saturated rings. The van der Waals surface area contributed by atoms with Crippen molar-refractivity contribution in [3.8, 4) is 0 Å². The van der Waals surface area contributed by atoms with Gasteiger partial charge in [-0.25, -0.2) is 9.78 Å². The first-order valence-electron chi connectivity index (χ1n) is 5.67. The second kappa shape index (κ2) is 4.77. The molecule has 1 aliphatic rings. The number of aliphatic carboxylic acids is 1. The van der Waals surface area contributed by atoms with Gasteiger partial charge in [-0.1, -0.05) is 0 Å². The van der Waals surface area contributed by atoms with Gasteiger partial charge in [0.15, 0.2) is 6.10 Å². The highest BCUT2D eigenvalue weighted by atomic mass is 16.5. The average Bonchev–Trinajstić information content (AvgIpc) is 2.74. The molecular weight excluding hydrogens is 238 g/mol. The van der Waals surface area contributed by atoms with E-state index in [1.807, 2.05) is 0 Å². The highest BCUT2D eigenvalue weighted by molar-refractivity contribution is 5.82. The minimum atomic E-state index is -1.09. The Kier molecular flexibility index (Phi) is 3.33. The summed E-state index contributed by atoms with van der Waals surface area (Å²) in [6.07, 6.45) is 2.20. The number of carboxylic acids is 1. The van der Waals surface area contributed by atoms with Crippen molar-refractivity contribution in [3.05, 3.63) is 18.2 Å². The van der Waals surface area contributed by atoms with Crippen LogP contribution in [0.2, 0.25) is 0 Å². The number of carbonyl (C=O) groups excluding carboxylic acids is 1. The van der Waals surface area contributed by atoms with Crippen LogP contribution in [0.25, 0.3) is 0 Å². The van der Waals surface area contributed by atoms with Crippen molar-refractivity contribution >= 4 is 11.9 Å². The van der Waals surface area contributed by atoms with Crippen molar-refractivity contribution < 1.29 is 19.4 Å². The van der Waals surface area contributed by atoms with Crippen LogP contribution in [-0.4, -0.2) is 50.7 Å². The maximum absolute atomic E-state index is 11.8. The summed E-state index contributed by atoms with van der Waals surface area (Å²) in [5.41, 5.74) is 0. The Morgan fingerprint density at radius 3 is 2.89 bits per heavy atom. The highest BCUT2D eigenvalue weighted by Crippen LogP contribution is 2.28.